The number of furan rings is 1. The summed E-state index contributed by atoms with van der Waals surface area (Å²) in [5.41, 5.74) is 10.1. The van der Waals surface area contributed by atoms with E-state index in [1.807, 2.05) is 36.4 Å². The van der Waals surface area contributed by atoms with E-state index >= 15 is 0 Å². The van der Waals surface area contributed by atoms with Gasteiger partial charge in [0.05, 0.1) is 11.0 Å². The molecule has 0 radical (unpaired) electrons. The molecule has 5 nitrogen and oxygen atoms in total. The Morgan fingerprint density at radius 2 is 0.860 bits per heavy atom. The van der Waals surface area contributed by atoms with Gasteiger partial charge in [0.1, 0.15) is 11.2 Å². The van der Waals surface area contributed by atoms with Crippen LogP contribution in [0.5, 0.6) is 0 Å². The van der Waals surface area contributed by atoms with Crippen LogP contribution in [-0.4, -0.2) is 19.5 Å². The minimum atomic E-state index is 0.593. The average Bonchev–Trinajstić information content (AvgIpc) is 3.72. The number of nitrogens with zero attached hydrogens (tertiary/aromatic N) is 4. The molecule has 7 aromatic carbocycles. The van der Waals surface area contributed by atoms with Gasteiger partial charge < -0.3 is 8.98 Å². The van der Waals surface area contributed by atoms with E-state index in [9.17, 15) is 0 Å². The van der Waals surface area contributed by atoms with E-state index in [0.717, 1.165) is 60.8 Å². The summed E-state index contributed by atoms with van der Waals surface area (Å²) in [5.74, 6) is 1.84. The van der Waals surface area contributed by atoms with Crippen molar-refractivity contribution in [3.63, 3.8) is 0 Å². The second-order valence-electron chi connectivity index (χ2n) is 12.5. The number of benzene rings is 7. The Morgan fingerprint density at radius 1 is 0.340 bits per heavy atom. The quantitative estimate of drug-likeness (QED) is 0.188. The molecule has 234 valence electrons. The molecule has 0 aliphatic carbocycles. The van der Waals surface area contributed by atoms with Crippen LogP contribution in [0.15, 0.2) is 174 Å². The first-order chi connectivity index (χ1) is 24.8. The zero-order valence-electron chi connectivity index (χ0n) is 26.9. The standard InChI is InChI=1S/C45H28N4O/c1-4-12-29(13-5-1)30-20-22-32(23-21-30)44-46-43(31-14-6-2-7-15-31)47-45(48-44)33-24-25-36-38-27-40-37(28-42(38)50-41(36)26-33)35-18-10-11-19-39(35)49(40)34-16-8-3-9-17-34/h1-28H. The first-order valence-electron chi connectivity index (χ1n) is 16.7. The zero-order chi connectivity index (χ0) is 33.0. The minimum Gasteiger partial charge on any atom is -0.456 e. The summed E-state index contributed by atoms with van der Waals surface area (Å²) in [6.07, 6.45) is 0. The second-order valence-corrected chi connectivity index (χ2v) is 12.5. The van der Waals surface area contributed by atoms with E-state index in [4.69, 9.17) is 19.4 Å². The third-order valence-electron chi connectivity index (χ3n) is 9.46. The van der Waals surface area contributed by atoms with Crippen LogP contribution in [0.2, 0.25) is 0 Å². The molecule has 3 aromatic heterocycles. The van der Waals surface area contributed by atoms with Gasteiger partial charge in [0.15, 0.2) is 17.5 Å². The number of hydrogen-bond acceptors (Lipinski definition) is 4. The summed E-state index contributed by atoms with van der Waals surface area (Å²) in [7, 11) is 0. The van der Waals surface area contributed by atoms with Crippen molar-refractivity contribution in [2.45, 2.75) is 0 Å². The smallest absolute Gasteiger partial charge is 0.164 e. The van der Waals surface area contributed by atoms with Gasteiger partial charge in [0, 0.05) is 43.9 Å². The van der Waals surface area contributed by atoms with E-state index in [1.54, 1.807) is 0 Å². The number of fused-ring (bicyclic) bond motifs is 6. The summed E-state index contributed by atoms with van der Waals surface area (Å²) in [4.78, 5) is 14.9. The fourth-order valence-electron chi connectivity index (χ4n) is 7.03. The van der Waals surface area contributed by atoms with Crippen molar-refractivity contribution < 1.29 is 4.42 Å². The molecule has 5 heteroatoms. The van der Waals surface area contributed by atoms with Gasteiger partial charge in [-0.3, -0.25) is 0 Å². The summed E-state index contributed by atoms with van der Waals surface area (Å²) in [6, 6.07) is 58.6. The van der Waals surface area contributed by atoms with Gasteiger partial charge >= 0.3 is 0 Å². The highest BCUT2D eigenvalue weighted by atomic mass is 16.3. The van der Waals surface area contributed by atoms with Gasteiger partial charge in [0.2, 0.25) is 0 Å². The molecule has 50 heavy (non-hydrogen) atoms. The molecule has 10 rings (SSSR count). The van der Waals surface area contributed by atoms with Crippen LogP contribution in [0.4, 0.5) is 0 Å². The molecule has 0 aliphatic heterocycles. The van der Waals surface area contributed by atoms with Crippen LogP contribution in [0.3, 0.4) is 0 Å². The van der Waals surface area contributed by atoms with Gasteiger partial charge in [-0.2, -0.15) is 0 Å². The van der Waals surface area contributed by atoms with E-state index in [2.05, 4.69) is 138 Å². The number of rotatable bonds is 5. The van der Waals surface area contributed by atoms with Gasteiger partial charge in [-0.15, -0.1) is 0 Å². The lowest BCUT2D eigenvalue weighted by atomic mass is 10.0. The molecule has 0 bridgehead atoms. The van der Waals surface area contributed by atoms with Crippen molar-refractivity contribution in [2.24, 2.45) is 0 Å². The predicted molar refractivity (Wildman–Crippen MR) is 203 cm³/mol. The Bertz CT molecular complexity index is 2840. The zero-order valence-corrected chi connectivity index (χ0v) is 26.9. The molecule has 0 aliphatic rings. The van der Waals surface area contributed by atoms with Crippen molar-refractivity contribution in [3.8, 4) is 51.0 Å². The third-order valence-corrected chi connectivity index (χ3v) is 9.46. The minimum absolute atomic E-state index is 0.593. The molecule has 0 saturated heterocycles. The third kappa shape index (κ3) is 4.67. The second kappa shape index (κ2) is 11.4. The van der Waals surface area contributed by atoms with Crippen LogP contribution in [0, 0.1) is 0 Å². The molecule has 0 spiro atoms. The number of aromatic nitrogens is 4. The van der Waals surface area contributed by atoms with E-state index in [0.29, 0.717) is 17.5 Å². The van der Waals surface area contributed by atoms with Crippen molar-refractivity contribution in [3.05, 3.63) is 170 Å². The Labute approximate surface area is 287 Å². The summed E-state index contributed by atoms with van der Waals surface area (Å²) in [5, 5.41) is 4.46. The van der Waals surface area contributed by atoms with Crippen LogP contribution >= 0.6 is 0 Å². The van der Waals surface area contributed by atoms with Crippen molar-refractivity contribution in [1.29, 1.82) is 0 Å². The highest BCUT2D eigenvalue weighted by Gasteiger charge is 2.18. The topological polar surface area (TPSA) is 56.7 Å². The predicted octanol–water partition coefficient (Wildman–Crippen LogP) is 11.5. The fourth-order valence-corrected chi connectivity index (χ4v) is 7.03. The largest absolute Gasteiger partial charge is 0.456 e. The van der Waals surface area contributed by atoms with Gasteiger partial charge in [-0.05, 0) is 53.6 Å². The highest BCUT2D eigenvalue weighted by molar-refractivity contribution is 6.17. The van der Waals surface area contributed by atoms with Crippen LogP contribution in [-0.2, 0) is 0 Å². The van der Waals surface area contributed by atoms with Crippen molar-refractivity contribution >= 4 is 43.7 Å². The van der Waals surface area contributed by atoms with Crippen molar-refractivity contribution in [2.75, 3.05) is 0 Å². The van der Waals surface area contributed by atoms with Crippen LogP contribution in [0.25, 0.3) is 94.7 Å². The first kappa shape index (κ1) is 28.2. The molecular weight excluding hydrogens is 613 g/mol. The van der Waals surface area contributed by atoms with Gasteiger partial charge in [-0.25, -0.2) is 15.0 Å². The molecule has 0 fully saturated rings. The number of hydrogen-bond donors (Lipinski definition) is 0. The van der Waals surface area contributed by atoms with Gasteiger partial charge in [0.25, 0.3) is 0 Å². The monoisotopic (exact) mass is 640 g/mol. The molecule has 10 aromatic rings. The van der Waals surface area contributed by atoms with E-state index < -0.39 is 0 Å². The maximum absolute atomic E-state index is 6.59. The summed E-state index contributed by atoms with van der Waals surface area (Å²) in [6.45, 7) is 0. The molecule has 0 atom stereocenters. The van der Waals surface area contributed by atoms with Crippen LogP contribution < -0.4 is 0 Å². The van der Waals surface area contributed by atoms with E-state index in [-0.39, 0.29) is 0 Å². The molecule has 0 N–H and O–H groups in total. The number of para-hydroxylation sites is 2. The molecule has 0 unspecified atom stereocenters. The molecule has 3 heterocycles. The lowest BCUT2D eigenvalue weighted by molar-refractivity contribution is 0.669. The highest BCUT2D eigenvalue weighted by Crippen LogP contribution is 2.39. The lowest BCUT2D eigenvalue weighted by Gasteiger charge is -2.09. The Balaban J connectivity index is 1.12. The Morgan fingerprint density at radius 3 is 1.58 bits per heavy atom. The average molecular weight is 641 g/mol. The first-order valence-corrected chi connectivity index (χ1v) is 16.7. The SMILES string of the molecule is c1ccc(-c2ccc(-c3nc(-c4ccccc4)nc(-c4ccc5c(c4)oc4cc6c7ccccc7n(-c7ccccc7)c6cc45)n3)cc2)cc1. The normalized spacial score (nSPS) is 11.6. The Hall–Kier alpha value is -6.85. The maximum Gasteiger partial charge on any atom is 0.164 e. The molecular formula is C45H28N4O. The summed E-state index contributed by atoms with van der Waals surface area (Å²) < 4.78 is 8.93. The van der Waals surface area contributed by atoms with Crippen molar-refractivity contribution in [1.82, 2.24) is 19.5 Å². The van der Waals surface area contributed by atoms with E-state index in [1.165, 1.54) is 16.5 Å². The maximum atomic E-state index is 6.59. The summed E-state index contributed by atoms with van der Waals surface area (Å²) >= 11 is 0. The fraction of sp³-hybridized carbons (Fsp3) is 0. The molecule has 0 amide bonds. The lowest BCUT2D eigenvalue weighted by Crippen LogP contribution is -2.00. The molecule has 0 saturated carbocycles. The van der Waals surface area contributed by atoms with Crippen LogP contribution in [0.1, 0.15) is 0 Å². The van der Waals surface area contributed by atoms with Gasteiger partial charge in [-0.1, -0.05) is 127 Å². The Kier molecular flexibility index (Phi) is 6.42.